The molecule has 0 nitrogen and oxygen atoms in total. The number of fused-ring (bicyclic) bond motifs is 3. The van der Waals surface area contributed by atoms with Crippen molar-refractivity contribution in [2.45, 2.75) is 6.42 Å². The average Bonchev–Trinajstić information content (AvgIpc) is 2.54. The van der Waals surface area contributed by atoms with Gasteiger partial charge in [0.2, 0.25) is 0 Å². The van der Waals surface area contributed by atoms with Crippen molar-refractivity contribution in [2.24, 2.45) is 0 Å². The van der Waals surface area contributed by atoms with Gasteiger partial charge in [-0.25, -0.2) is 0 Å². The van der Waals surface area contributed by atoms with E-state index in [1.807, 2.05) is 0 Å². The molecule has 0 spiro atoms. The summed E-state index contributed by atoms with van der Waals surface area (Å²) < 4.78 is 1.23. The van der Waals surface area contributed by atoms with E-state index in [0.29, 0.717) is 0 Å². The summed E-state index contributed by atoms with van der Waals surface area (Å²) in [5.74, 6) is 0. The van der Waals surface area contributed by atoms with E-state index in [9.17, 15) is 0 Å². The van der Waals surface area contributed by atoms with Gasteiger partial charge in [-0.2, -0.15) is 0 Å². The molecule has 0 heterocycles. The standard InChI is InChI=1S/C13H9Se/c14-11-5-6-13-10(8-11)7-9-3-1-2-4-12(9)13/h1-6,8H,7H2. The SMILES string of the molecule is [Se]c1ccc2c(c1)Cc1ccccc1-2. The van der Waals surface area contributed by atoms with Crippen LogP contribution in [-0.4, -0.2) is 16.0 Å². The third-order valence-corrected chi connectivity index (χ3v) is 3.30. The summed E-state index contributed by atoms with van der Waals surface area (Å²) in [7, 11) is 0. The first-order valence-corrected chi connectivity index (χ1v) is 5.58. The quantitative estimate of drug-likeness (QED) is 0.531. The zero-order chi connectivity index (χ0) is 9.54. The van der Waals surface area contributed by atoms with Gasteiger partial charge in [-0.3, -0.25) is 0 Å². The summed E-state index contributed by atoms with van der Waals surface area (Å²) in [6.45, 7) is 0. The zero-order valence-electron chi connectivity index (χ0n) is 7.66. The Morgan fingerprint density at radius 1 is 0.857 bits per heavy atom. The van der Waals surface area contributed by atoms with Crippen molar-refractivity contribution in [3.63, 3.8) is 0 Å². The van der Waals surface area contributed by atoms with Crippen LogP contribution in [0.5, 0.6) is 0 Å². The maximum atomic E-state index is 3.06. The molecule has 0 saturated heterocycles. The molecule has 0 aromatic heterocycles. The third kappa shape index (κ3) is 1.13. The monoisotopic (exact) mass is 245 g/mol. The molecule has 1 heteroatoms. The molecule has 2 aromatic carbocycles. The van der Waals surface area contributed by atoms with Crippen LogP contribution in [0.1, 0.15) is 11.1 Å². The Bertz CT molecular complexity index is 500. The van der Waals surface area contributed by atoms with Crippen molar-refractivity contribution in [3.05, 3.63) is 53.6 Å². The molecular formula is C13H9Se. The molecule has 67 valence electrons. The zero-order valence-corrected chi connectivity index (χ0v) is 9.37. The van der Waals surface area contributed by atoms with Crippen LogP contribution in [0, 0.1) is 0 Å². The number of hydrogen-bond acceptors (Lipinski definition) is 0. The fraction of sp³-hybridized carbons (Fsp3) is 0.0769. The van der Waals surface area contributed by atoms with Crippen molar-refractivity contribution in [1.82, 2.24) is 0 Å². The molecule has 0 atom stereocenters. The van der Waals surface area contributed by atoms with Crippen molar-refractivity contribution < 1.29 is 0 Å². The molecule has 0 N–H and O–H groups in total. The minimum absolute atomic E-state index is 1.08. The molecule has 0 unspecified atom stereocenters. The Hall–Kier alpha value is -1.04. The average molecular weight is 244 g/mol. The van der Waals surface area contributed by atoms with E-state index in [1.54, 1.807) is 0 Å². The van der Waals surface area contributed by atoms with Gasteiger partial charge in [0.05, 0.1) is 0 Å². The fourth-order valence-corrected chi connectivity index (χ4v) is 2.56. The molecule has 14 heavy (non-hydrogen) atoms. The topological polar surface area (TPSA) is 0 Å². The molecular weight excluding hydrogens is 235 g/mol. The first-order chi connectivity index (χ1) is 6.84. The van der Waals surface area contributed by atoms with E-state index in [1.165, 1.54) is 26.7 Å². The summed E-state index contributed by atoms with van der Waals surface area (Å²) in [4.78, 5) is 0. The molecule has 0 saturated carbocycles. The molecule has 0 bridgehead atoms. The molecule has 1 aliphatic carbocycles. The van der Waals surface area contributed by atoms with Gasteiger partial charge >= 0.3 is 91.6 Å². The van der Waals surface area contributed by atoms with Gasteiger partial charge in [-0.05, 0) is 0 Å². The summed E-state index contributed by atoms with van der Waals surface area (Å²) in [6, 6.07) is 15.3. The van der Waals surface area contributed by atoms with Crippen LogP contribution in [0.25, 0.3) is 11.1 Å². The van der Waals surface area contributed by atoms with Gasteiger partial charge in [0.25, 0.3) is 0 Å². The van der Waals surface area contributed by atoms with Crippen LogP contribution < -0.4 is 4.46 Å². The van der Waals surface area contributed by atoms with E-state index in [4.69, 9.17) is 0 Å². The van der Waals surface area contributed by atoms with Crippen molar-refractivity contribution in [2.75, 3.05) is 0 Å². The van der Waals surface area contributed by atoms with Crippen LogP contribution in [0.2, 0.25) is 0 Å². The minimum atomic E-state index is 1.08. The van der Waals surface area contributed by atoms with Gasteiger partial charge in [-0.1, -0.05) is 0 Å². The second-order valence-corrected chi connectivity index (χ2v) is 4.64. The first kappa shape index (κ1) is 8.28. The van der Waals surface area contributed by atoms with Crippen LogP contribution in [-0.2, 0) is 6.42 Å². The van der Waals surface area contributed by atoms with Crippen LogP contribution in [0.15, 0.2) is 42.5 Å². The Balaban J connectivity index is 2.27. The molecule has 1 aliphatic rings. The molecule has 0 amide bonds. The molecule has 1 radical (unpaired) electrons. The van der Waals surface area contributed by atoms with Gasteiger partial charge in [0, 0.05) is 0 Å². The van der Waals surface area contributed by atoms with E-state index in [-0.39, 0.29) is 0 Å². The van der Waals surface area contributed by atoms with E-state index in [0.717, 1.165) is 6.42 Å². The Kier molecular flexibility index (Phi) is 1.76. The normalized spacial score (nSPS) is 12.3. The number of rotatable bonds is 0. The summed E-state index contributed by atoms with van der Waals surface area (Å²) >= 11 is 3.06. The molecule has 0 aliphatic heterocycles. The number of benzene rings is 2. The molecule has 2 aromatic rings. The van der Waals surface area contributed by atoms with Gasteiger partial charge in [-0.15, -0.1) is 0 Å². The van der Waals surface area contributed by atoms with Gasteiger partial charge in [0.15, 0.2) is 0 Å². The first-order valence-electron chi connectivity index (χ1n) is 4.73. The van der Waals surface area contributed by atoms with Crippen molar-refractivity contribution in [3.8, 4) is 11.1 Å². The molecule has 0 fully saturated rings. The van der Waals surface area contributed by atoms with E-state index >= 15 is 0 Å². The van der Waals surface area contributed by atoms with Crippen LogP contribution in [0.3, 0.4) is 0 Å². The van der Waals surface area contributed by atoms with Crippen LogP contribution >= 0.6 is 0 Å². The predicted molar refractivity (Wildman–Crippen MR) is 60.1 cm³/mol. The Labute approximate surface area is 91.8 Å². The molecule has 3 rings (SSSR count). The maximum absolute atomic E-state index is 3.06. The Morgan fingerprint density at radius 3 is 2.57 bits per heavy atom. The van der Waals surface area contributed by atoms with Crippen molar-refractivity contribution in [1.29, 1.82) is 0 Å². The van der Waals surface area contributed by atoms with Crippen LogP contribution in [0.4, 0.5) is 0 Å². The third-order valence-electron chi connectivity index (χ3n) is 2.77. The number of hydrogen-bond donors (Lipinski definition) is 0. The Morgan fingerprint density at radius 2 is 1.64 bits per heavy atom. The summed E-state index contributed by atoms with van der Waals surface area (Å²) in [6.07, 6.45) is 1.08. The fourth-order valence-electron chi connectivity index (χ4n) is 2.12. The predicted octanol–water partition coefficient (Wildman–Crippen LogP) is 2.05. The van der Waals surface area contributed by atoms with Crippen molar-refractivity contribution >= 4 is 20.5 Å². The second-order valence-electron chi connectivity index (χ2n) is 3.65. The van der Waals surface area contributed by atoms with Gasteiger partial charge in [0.1, 0.15) is 0 Å². The summed E-state index contributed by atoms with van der Waals surface area (Å²) in [5.41, 5.74) is 5.71. The van der Waals surface area contributed by atoms with E-state index < -0.39 is 0 Å². The summed E-state index contributed by atoms with van der Waals surface area (Å²) in [5, 5.41) is 0. The van der Waals surface area contributed by atoms with Gasteiger partial charge < -0.3 is 0 Å². The van der Waals surface area contributed by atoms with E-state index in [2.05, 4.69) is 58.5 Å². The second kappa shape index (κ2) is 2.98.